The van der Waals surface area contributed by atoms with Crippen LogP contribution in [-0.4, -0.2) is 46.9 Å². The van der Waals surface area contributed by atoms with Crippen LogP contribution in [0.3, 0.4) is 0 Å². The van der Waals surface area contributed by atoms with E-state index in [1.165, 1.54) is 10.9 Å². The van der Waals surface area contributed by atoms with Gasteiger partial charge < -0.3 is 19.2 Å². The van der Waals surface area contributed by atoms with Crippen molar-refractivity contribution >= 4 is 19.5 Å². The molecule has 3 heterocycles. The summed E-state index contributed by atoms with van der Waals surface area (Å²) in [5.74, 6) is -0.0309. The highest BCUT2D eigenvalue weighted by atomic mass is 28.3. The molecule has 4 aromatic rings. The van der Waals surface area contributed by atoms with E-state index in [-0.39, 0.29) is 12.6 Å². The van der Waals surface area contributed by atoms with E-state index < -0.39 is 14.0 Å². The lowest BCUT2D eigenvalue weighted by atomic mass is 10.1. The van der Waals surface area contributed by atoms with Gasteiger partial charge in [-0.3, -0.25) is 4.79 Å². The lowest BCUT2D eigenvalue weighted by Crippen LogP contribution is -2.23. The number of hydrogen-bond acceptors (Lipinski definition) is 5. The van der Waals surface area contributed by atoms with E-state index in [9.17, 15) is 9.18 Å². The molecule has 0 spiro atoms. The van der Waals surface area contributed by atoms with Crippen LogP contribution in [0, 0.1) is 5.95 Å². The molecule has 8 nitrogen and oxygen atoms in total. The summed E-state index contributed by atoms with van der Waals surface area (Å²) in [6, 6.07) is 12.0. The van der Waals surface area contributed by atoms with Gasteiger partial charge in [-0.1, -0.05) is 37.8 Å². The smallest absolute Gasteiger partial charge is 0.272 e. The number of halogens is 1. The van der Waals surface area contributed by atoms with Crippen LogP contribution in [0.15, 0.2) is 55.1 Å². The summed E-state index contributed by atoms with van der Waals surface area (Å²) in [4.78, 5) is 17.0. The number of benzene rings is 1. The van der Waals surface area contributed by atoms with Gasteiger partial charge in [0.1, 0.15) is 18.8 Å². The number of aromatic nitrogens is 4. The van der Waals surface area contributed by atoms with Gasteiger partial charge in [-0.05, 0) is 29.8 Å². The van der Waals surface area contributed by atoms with Crippen LogP contribution >= 0.6 is 0 Å². The fourth-order valence-corrected chi connectivity index (χ4v) is 4.32. The van der Waals surface area contributed by atoms with E-state index in [2.05, 4.69) is 35.0 Å². The quantitative estimate of drug-likeness (QED) is 0.257. The Hall–Kier alpha value is -3.50. The second kappa shape index (κ2) is 10.4. The summed E-state index contributed by atoms with van der Waals surface area (Å²) < 4.78 is 28.7. The third-order valence-corrected chi connectivity index (χ3v) is 7.33. The zero-order chi connectivity index (χ0) is 25.0. The molecule has 1 amide bonds. The third-order valence-electron chi connectivity index (χ3n) is 5.63. The SMILES string of the molecule is COc1cccc(CNC(=O)c2ncn3cc(-c4cnn(COCC[Si](C)(C)C)c4F)ccc23)c1. The van der Waals surface area contributed by atoms with Crippen molar-refractivity contribution in [1.29, 1.82) is 0 Å². The number of ether oxygens (including phenoxy) is 2. The maximum absolute atomic E-state index is 15.0. The Morgan fingerprint density at radius 2 is 2.03 bits per heavy atom. The van der Waals surface area contributed by atoms with Crippen LogP contribution in [0.1, 0.15) is 16.1 Å². The molecule has 0 radical (unpaired) electrons. The van der Waals surface area contributed by atoms with Crippen molar-refractivity contribution in [2.45, 2.75) is 39.0 Å². The van der Waals surface area contributed by atoms with Crippen molar-refractivity contribution in [1.82, 2.24) is 24.5 Å². The fraction of sp³-hybridized carbons (Fsp3) is 0.320. The average molecular weight is 496 g/mol. The molecule has 1 N–H and O–H groups in total. The molecular formula is C25H30FN5O3Si. The van der Waals surface area contributed by atoms with E-state index in [4.69, 9.17) is 9.47 Å². The summed E-state index contributed by atoms with van der Waals surface area (Å²) in [6.07, 6.45) is 4.76. The average Bonchev–Trinajstić information content (AvgIpc) is 3.42. The molecule has 3 aromatic heterocycles. The zero-order valence-corrected chi connectivity index (χ0v) is 21.4. The molecule has 184 valence electrons. The lowest BCUT2D eigenvalue weighted by Gasteiger charge is -2.15. The van der Waals surface area contributed by atoms with Crippen LogP contribution in [0.4, 0.5) is 4.39 Å². The number of amides is 1. The second-order valence-corrected chi connectivity index (χ2v) is 15.2. The van der Waals surface area contributed by atoms with Gasteiger partial charge in [-0.25, -0.2) is 9.67 Å². The van der Waals surface area contributed by atoms with Crippen LogP contribution < -0.4 is 10.1 Å². The van der Waals surface area contributed by atoms with E-state index in [0.29, 0.717) is 35.5 Å². The number of pyridine rings is 1. The number of nitrogens with one attached hydrogen (secondary N) is 1. The molecular weight excluding hydrogens is 465 g/mol. The van der Waals surface area contributed by atoms with Gasteiger partial charge in [0.2, 0.25) is 5.95 Å². The first-order valence-electron chi connectivity index (χ1n) is 11.4. The molecule has 0 unspecified atom stereocenters. The molecule has 0 aliphatic carbocycles. The van der Waals surface area contributed by atoms with Gasteiger partial charge in [-0.2, -0.15) is 9.49 Å². The normalized spacial score (nSPS) is 11.7. The molecule has 0 atom stereocenters. The van der Waals surface area contributed by atoms with Crippen LogP contribution in [0.2, 0.25) is 25.7 Å². The first-order chi connectivity index (χ1) is 16.7. The van der Waals surface area contributed by atoms with Gasteiger partial charge in [0.15, 0.2) is 5.69 Å². The minimum Gasteiger partial charge on any atom is -0.497 e. The molecule has 0 saturated heterocycles. The highest BCUT2D eigenvalue weighted by molar-refractivity contribution is 6.76. The van der Waals surface area contributed by atoms with Gasteiger partial charge in [0.25, 0.3) is 5.91 Å². The Kier molecular flexibility index (Phi) is 7.32. The van der Waals surface area contributed by atoms with E-state index >= 15 is 0 Å². The second-order valence-electron chi connectivity index (χ2n) is 9.53. The Morgan fingerprint density at radius 3 is 2.80 bits per heavy atom. The molecule has 0 aliphatic rings. The molecule has 0 fully saturated rings. The number of hydrogen-bond donors (Lipinski definition) is 1. The summed E-state index contributed by atoms with van der Waals surface area (Å²) >= 11 is 0. The largest absolute Gasteiger partial charge is 0.497 e. The molecule has 1 aromatic carbocycles. The molecule has 10 heteroatoms. The Balaban J connectivity index is 1.44. The summed E-state index contributed by atoms with van der Waals surface area (Å²) in [7, 11) is 0.394. The Bertz CT molecular complexity index is 1330. The first kappa shape index (κ1) is 24.6. The van der Waals surface area contributed by atoms with Crippen molar-refractivity contribution < 1.29 is 18.7 Å². The summed E-state index contributed by atoms with van der Waals surface area (Å²) in [5, 5.41) is 7.02. The zero-order valence-electron chi connectivity index (χ0n) is 20.4. The van der Waals surface area contributed by atoms with Gasteiger partial charge in [-0.15, -0.1) is 0 Å². The standard InChI is InChI=1S/C25H30FN5O3Si/c1-33-20-7-5-6-18(12-20)13-27-25(32)23-22-9-8-19(15-30(22)16-28-23)21-14-29-31(24(21)26)17-34-10-11-35(2,3)4/h5-9,12,14-16H,10-11,13,17H2,1-4H3,(H,27,32). The number of fused-ring (bicyclic) bond motifs is 1. The van der Waals surface area contributed by atoms with Gasteiger partial charge in [0.05, 0.1) is 24.4 Å². The van der Waals surface area contributed by atoms with E-state index in [0.717, 1.165) is 17.4 Å². The minimum absolute atomic E-state index is 0.0707. The van der Waals surface area contributed by atoms with Gasteiger partial charge >= 0.3 is 0 Å². The number of carbonyl (C=O) groups excluding carboxylic acids is 1. The number of rotatable bonds is 10. The van der Waals surface area contributed by atoms with Crippen molar-refractivity contribution in [2.75, 3.05) is 13.7 Å². The predicted octanol–water partition coefficient (Wildman–Crippen LogP) is 4.59. The van der Waals surface area contributed by atoms with E-state index in [1.807, 2.05) is 24.3 Å². The first-order valence-corrected chi connectivity index (χ1v) is 15.1. The van der Waals surface area contributed by atoms with Crippen LogP contribution in [0.25, 0.3) is 16.6 Å². The molecule has 0 saturated carbocycles. The number of imidazole rings is 1. The maximum atomic E-state index is 15.0. The predicted molar refractivity (Wildman–Crippen MR) is 135 cm³/mol. The molecule has 4 rings (SSSR count). The third kappa shape index (κ3) is 5.95. The van der Waals surface area contributed by atoms with Crippen LogP contribution in [0.5, 0.6) is 5.75 Å². The minimum atomic E-state index is -1.21. The monoisotopic (exact) mass is 495 g/mol. The number of nitrogens with zero attached hydrogens (tertiary/aromatic N) is 4. The molecule has 0 bridgehead atoms. The molecule has 0 aliphatic heterocycles. The number of methoxy groups -OCH3 is 1. The Morgan fingerprint density at radius 1 is 1.20 bits per heavy atom. The van der Waals surface area contributed by atoms with E-state index in [1.54, 1.807) is 36.2 Å². The number of carbonyl (C=O) groups is 1. The highest BCUT2D eigenvalue weighted by Gasteiger charge is 2.17. The van der Waals surface area contributed by atoms with Crippen molar-refractivity contribution in [3.05, 3.63) is 72.3 Å². The van der Waals surface area contributed by atoms with Crippen molar-refractivity contribution in [3.63, 3.8) is 0 Å². The molecule has 35 heavy (non-hydrogen) atoms. The summed E-state index contributed by atoms with van der Waals surface area (Å²) in [5.41, 5.74) is 2.83. The van der Waals surface area contributed by atoms with Crippen LogP contribution in [-0.2, 0) is 18.0 Å². The van der Waals surface area contributed by atoms with Gasteiger partial charge in [0, 0.05) is 33.0 Å². The topological polar surface area (TPSA) is 82.7 Å². The fourth-order valence-electron chi connectivity index (χ4n) is 3.57. The Labute approximate surface area is 204 Å². The van der Waals surface area contributed by atoms with Crippen molar-refractivity contribution in [2.24, 2.45) is 0 Å². The summed E-state index contributed by atoms with van der Waals surface area (Å²) in [6.45, 7) is 7.81. The highest BCUT2D eigenvalue weighted by Crippen LogP contribution is 2.24. The van der Waals surface area contributed by atoms with Crippen molar-refractivity contribution in [3.8, 4) is 16.9 Å². The maximum Gasteiger partial charge on any atom is 0.272 e. The lowest BCUT2D eigenvalue weighted by molar-refractivity contribution is 0.0700.